The Balaban J connectivity index is 2.42. The second-order valence-corrected chi connectivity index (χ2v) is 4.01. The Morgan fingerprint density at radius 1 is 1.40 bits per heavy atom. The predicted molar refractivity (Wildman–Crippen MR) is 55.6 cm³/mol. The number of rotatable bonds is 5. The average molecular weight is 214 g/mol. The first-order chi connectivity index (χ1) is 7.04. The first-order valence-electron chi connectivity index (χ1n) is 5.26. The van der Waals surface area contributed by atoms with Gasteiger partial charge in [0.25, 0.3) is 0 Å². The number of nitrogens with zero attached hydrogens (tertiary/aromatic N) is 2. The molecule has 1 saturated carbocycles. The molecular formula is C10H18N2O3. The van der Waals surface area contributed by atoms with E-state index in [1.54, 1.807) is 4.90 Å². The zero-order valence-corrected chi connectivity index (χ0v) is 9.27. The molecule has 15 heavy (non-hydrogen) atoms. The molecule has 0 spiro atoms. The number of carbonyl (C=O) groups is 2. The molecule has 2 amide bonds. The van der Waals surface area contributed by atoms with Crippen LogP contribution in [0.25, 0.3) is 0 Å². The van der Waals surface area contributed by atoms with Gasteiger partial charge in [-0.2, -0.15) is 0 Å². The standard InChI is InChI=1S/C10H18N2O3/c1-3-12(6-8-4-5-8)10(15)11(2)7-9(13)14/h8H,3-7H2,1-2H3,(H,13,14). The van der Waals surface area contributed by atoms with Gasteiger partial charge >= 0.3 is 12.0 Å². The van der Waals surface area contributed by atoms with Gasteiger partial charge in [-0.15, -0.1) is 0 Å². The normalized spacial score (nSPS) is 14.8. The van der Waals surface area contributed by atoms with E-state index < -0.39 is 5.97 Å². The minimum absolute atomic E-state index is 0.188. The van der Waals surface area contributed by atoms with Gasteiger partial charge in [0.1, 0.15) is 6.54 Å². The van der Waals surface area contributed by atoms with Crippen LogP contribution in [-0.2, 0) is 4.79 Å². The minimum Gasteiger partial charge on any atom is -0.480 e. The fraction of sp³-hybridized carbons (Fsp3) is 0.800. The van der Waals surface area contributed by atoms with Crippen LogP contribution in [0, 0.1) is 5.92 Å². The average Bonchev–Trinajstić information content (AvgIpc) is 2.95. The maximum atomic E-state index is 11.8. The Labute approximate surface area is 89.7 Å². The van der Waals surface area contributed by atoms with Crippen LogP contribution in [0.5, 0.6) is 0 Å². The van der Waals surface area contributed by atoms with Crippen LogP contribution in [-0.4, -0.2) is 53.6 Å². The fourth-order valence-electron chi connectivity index (χ4n) is 1.47. The zero-order chi connectivity index (χ0) is 11.4. The van der Waals surface area contributed by atoms with Crippen molar-refractivity contribution in [3.05, 3.63) is 0 Å². The number of hydrogen-bond donors (Lipinski definition) is 1. The van der Waals surface area contributed by atoms with Gasteiger partial charge in [0.15, 0.2) is 0 Å². The van der Waals surface area contributed by atoms with Crippen molar-refractivity contribution in [2.45, 2.75) is 19.8 Å². The van der Waals surface area contributed by atoms with Gasteiger partial charge < -0.3 is 14.9 Å². The largest absolute Gasteiger partial charge is 0.480 e. The van der Waals surface area contributed by atoms with Gasteiger partial charge in [-0.3, -0.25) is 4.79 Å². The highest BCUT2D eigenvalue weighted by atomic mass is 16.4. The van der Waals surface area contributed by atoms with Crippen molar-refractivity contribution in [1.82, 2.24) is 9.80 Å². The third kappa shape index (κ3) is 3.77. The summed E-state index contributed by atoms with van der Waals surface area (Å²) >= 11 is 0. The fourth-order valence-corrected chi connectivity index (χ4v) is 1.47. The van der Waals surface area contributed by atoms with Crippen molar-refractivity contribution in [2.75, 3.05) is 26.7 Å². The number of urea groups is 1. The summed E-state index contributed by atoms with van der Waals surface area (Å²) in [6.07, 6.45) is 2.37. The second-order valence-electron chi connectivity index (χ2n) is 4.01. The molecule has 1 fully saturated rings. The third-order valence-corrected chi connectivity index (χ3v) is 2.53. The minimum atomic E-state index is -0.978. The van der Waals surface area contributed by atoms with E-state index in [2.05, 4.69) is 0 Å². The lowest BCUT2D eigenvalue weighted by atomic mass is 10.4. The molecule has 1 N–H and O–H groups in total. The van der Waals surface area contributed by atoms with Crippen LogP contribution in [0.3, 0.4) is 0 Å². The molecule has 0 aromatic heterocycles. The quantitative estimate of drug-likeness (QED) is 0.738. The molecule has 0 unspecified atom stereocenters. The molecule has 0 atom stereocenters. The van der Waals surface area contributed by atoms with E-state index in [1.807, 2.05) is 6.92 Å². The van der Waals surface area contributed by atoms with Crippen molar-refractivity contribution in [1.29, 1.82) is 0 Å². The van der Waals surface area contributed by atoms with E-state index in [-0.39, 0.29) is 12.6 Å². The molecule has 0 radical (unpaired) electrons. The first kappa shape index (κ1) is 11.8. The lowest BCUT2D eigenvalue weighted by molar-refractivity contribution is -0.137. The highest BCUT2D eigenvalue weighted by Crippen LogP contribution is 2.29. The molecule has 5 heteroatoms. The molecule has 0 aromatic carbocycles. The Morgan fingerprint density at radius 3 is 2.40 bits per heavy atom. The van der Waals surface area contributed by atoms with Gasteiger partial charge in [-0.25, -0.2) is 4.79 Å². The Hall–Kier alpha value is -1.26. The van der Waals surface area contributed by atoms with Crippen molar-refractivity contribution in [3.63, 3.8) is 0 Å². The smallest absolute Gasteiger partial charge is 0.323 e. The molecule has 0 aromatic rings. The van der Waals surface area contributed by atoms with Crippen molar-refractivity contribution in [3.8, 4) is 0 Å². The Morgan fingerprint density at radius 2 is 2.00 bits per heavy atom. The van der Waals surface area contributed by atoms with Crippen molar-refractivity contribution >= 4 is 12.0 Å². The van der Waals surface area contributed by atoms with Crippen molar-refractivity contribution in [2.24, 2.45) is 5.92 Å². The van der Waals surface area contributed by atoms with Crippen LogP contribution in [0.15, 0.2) is 0 Å². The maximum absolute atomic E-state index is 11.8. The van der Waals surface area contributed by atoms with Gasteiger partial charge in [0, 0.05) is 20.1 Å². The summed E-state index contributed by atoms with van der Waals surface area (Å²) < 4.78 is 0. The zero-order valence-electron chi connectivity index (χ0n) is 9.27. The van der Waals surface area contributed by atoms with Crippen molar-refractivity contribution < 1.29 is 14.7 Å². The second kappa shape index (κ2) is 5.00. The molecule has 1 aliphatic rings. The van der Waals surface area contributed by atoms with Crippen LogP contribution < -0.4 is 0 Å². The first-order valence-corrected chi connectivity index (χ1v) is 5.26. The molecular weight excluding hydrogens is 196 g/mol. The van der Waals surface area contributed by atoms with Crippen LogP contribution in [0.2, 0.25) is 0 Å². The summed E-state index contributed by atoms with van der Waals surface area (Å²) in [4.78, 5) is 25.2. The number of likely N-dealkylation sites (N-methyl/N-ethyl adjacent to an activating group) is 1. The SMILES string of the molecule is CCN(CC1CC1)C(=O)N(C)CC(=O)O. The number of aliphatic carboxylic acids is 1. The van der Waals surface area contributed by atoms with E-state index in [9.17, 15) is 9.59 Å². The highest BCUT2D eigenvalue weighted by molar-refractivity contribution is 5.79. The molecule has 1 rings (SSSR count). The highest BCUT2D eigenvalue weighted by Gasteiger charge is 2.27. The number of hydrogen-bond acceptors (Lipinski definition) is 2. The maximum Gasteiger partial charge on any atom is 0.323 e. The Kier molecular flexibility index (Phi) is 3.94. The summed E-state index contributed by atoms with van der Waals surface area (Å²) in [5, 5.41) is 8.57. The van der Waals surface area contributed by atoms with E-state index in [0.717, 1.165) is 6.54 Å². The Bertz CT molecular complexity index is 251. The van der Waals surface area contributed by atoms with Crippen LogP contribution in [0.1, 0.15) is 19.8 Å². The number of carbonyl (C=O) groups excluding carboxylic acids is 1. The molecule has 86 valence electrons. The summed E-state index contributed by atoms with van der Waals surface area (Å²) in [6, 6.07) is -0.188. The molecule has 0 saturated heterocycles. The van der Waals surface area contributed by atoms with Gasteiger partial charge in [0.05, 0.1) is 0 Å². The van der Waals surface area contributed by atoms with E-state index in [4.69, 9.17) is 5.11 Å². The van der Waals surface area contributed by atoms with E-state index >= 15 is 0 Å². The van der Waals surface area contributed by atoms with E-state index in [1.165, 1.54) is 24.8 Å². The van der Waals surface area contributed by atoms with Gasteiger partial charge in [0.2, 0.25) is 0 Å². The number of carboxylic acid groups (broad SMARTS) is 1. The molecule has 0 aliphatic heterocycles. The summed E-state index contributed by atoms with van der Waals surface area (Å²) in [5.41, 5.74) is 0. The molecule has 1 aliphatic carbocycles. The van der Waals surface area contributed by atoms with Crippen LogP contribution in [0.4, 0.5) is 4.79 Å². The summed E-state index contributed by atoms with van der Waals surface area (Å²) in [6.45, 7) is 3.08. The lowest BCUT2D eigenvalue weighted by Gasteiger charge is -2.26. The number of carboxylic acids is 1. The third-order valence-electron chi connectivity index (χ3n) is 2.53. The van der Waals surface area contributed by atoms with E-state index in [0.29, 0.717) is 12.5 Å². The monoisotopic (exact) mass is 214 g/mol. The lowest BCUT2D eigenvalue weighted by Crippen LogP contribution is -2.44. The summed E-state index contributed by atoms with van der Waals surface area (Å²) in [7, 11) is 1.52. The molecule has 0 heterocycles. The van der Waals surface area contributed by atoms with Gasteiger partial charge in [-0.1, -0.05) is 0 Å². The molecule has 0 bridgehead atoms. The summed E-state index contributed by atoms with van der Waals surface area (Å²) in [5.74, 6) is -0.347. The van der Waals surface area contributed by atoms with Crippen LogP contribution >= 0.6 is 0 Å². The molecule has 5 nitrogen and oxygen atoms in total. The van der Waals surface area contributed by atoms with Gasteiger partial charge in [-0.05, 0) is 25.7 Å². The predicted octanol–water partition coefficient (Wildman–Crippen LogP) is 0.855. The topological polar surface area (TPSA) is 60.9 Å². The number of amides is 2.